The third-order valence-corrected chi connectivity index (χ3v) is 6.66. The number of rotatable bonds is 8. The minimum atomic E-state index is -0.491. The van der Waals surface area contributed by atoms with Crippen molar-refractivity contribution in [2.75, 3.05) is 26.1 Å². The number of aromatic nitrogens is 1. The van der Waals surface area contributed by atoms with E-state index in [1.165, 1.54) is 6.08 Å². The fraction of sp³-hybridized carbons (Fsp3) is 0.444. The van der Waals surface area contributed by atoms with Crippen LogP contribution < -0.4 is 20.1 Å². The normalized spacial score (nSPS) is 16.6. The molecule has 2 aromatic rings. The fourth-order valence-corrected chi connectivity index (χ4v) is 4.66. The van der Waals surface area contributed by atoms with E-state index >= 15 is 0 Å². The van der Waals surface area contributed by atoms with E-state index in [2.05, 4.69) is 15.6 Å². The maximum Gasteiger partial charge on any atom is 0.246 e. The van der Waals surface area contributed by atoms with Crippen LogP contribution in [0.2, 0.25) is 0 Å². The van der Waals surface area contributed by atoms with Gasteiger partial charge in [0.05, 0.1) is 19.3 Å². The molecular weight excluding hydrogens is 444 g/mol. The minimum absolute atomic E-state index is 0.00109. The molecule has 1 spiro atoms. The maximum atomic E-state index is 12.8. The van der Waals surface area contributed by atoms with Crippen molar-refractivity contribution < 1.29 is 19.1 Å². The molecule has 1 aromatic heterocycles. The molecule has 0 unspecified atom stereocenters. The van der Waals surface area contributed by atoms with E-state index in [1.54, 1.807) is 31.3 Å². The summed E-state index contributed by atoms with van der Waals surface area (Å²) in [7, 11) is 3.37. The Morgan fingerprint density at radius 3 is 2.83 bits per heavy atom. The van der Waals surface area contributed by atoms with Crippen molar-refractivity contribution in [3.8, 4) is 11.5 Å². The van der Waals surface area contributed by atoms with Crippen LogP contribution in [0.15, 0.2) is 36.5 Å². The van der Waals surface area contributed by atoms with Crippen molar-refractivity contribution in [3.05, 3.63) is 53.2 Å². The molecular formula is C27H34N4O4. The van der Waals surface area contributed by atoms with Crippen molar-refractivity contribution in [2.24, 2.45) is 0 Å². The third-order valence-electron chi connectivity index (χ3n) is 6.66. The van der Waals surface area contributed by atoms with Crippen LogP contribution in [0.25, 0.3) is 6.08 Å². The zero-order valence-electron chi connectivity index (χ0n) is 20.7. The van der Waals surface area contributed by atoms with Gasteiger partial charge in [-0.2, -0.15) is 0 Å². The highest BCUT2D eigenvalue weighted by Gasteiger charge is 2.42. The van der Waals surface area contributed by atoms with Gasteiger partial charge in [-0.05, 0) is 43.0 Å². The fourth-order valence-electron chi connectivity index (χ4n) is 4.66. The molecule has 8 nitrogen and oxygen atoms in total. The van der Waals surface area contributed by atoms with Crippen molar-refractivity contribution in [2.45, 2.75) is 57.7 Å². The Hall–Kier alpha value is -3.39. The summed E-state index contributed by atoms with van der Waals surface area (Å²) in [4.78, 5) is 31.7. The summed E-state index contributed by atoms with van der Waals surface area (Å²) in [5.41, 5.74) is 2.11. The Kier molecular flexibility index (Phi) is 7.70. The number of hydrogen-bond donors (Lipinski definition) is 2. The third kappa shape index (κ3) is 5.48. The molecule has 1 fully saturated rings. The topological polar surface area (TPSA) is 92.8 Å². The number of anilines is 1. The quantitative estimate of drug-likeness (QED) is 0.559. The molecule has 0 radical (unpaired) electrons. The Morgan fingerprint density at radius 2 is 2.09 bits per heavy atom. The first-order chi connectivity index (χ1) is 17.0. The molecule has 1 aliphatic heterocycles. The highest BCUT2D eigenvalue weighted by atomic mass is 16.5. The van der Waals surface area contributed by atoms with Crippen LogP contribution in [0.4, 0.5) is 5.82 Å². The summed E-state index contributed by atoms with van der Waals surface area (Å²) < 4.78 is 11.3. The van der Waals surface area contributed by atoms with Gasteiger partial charge in [-0.15, -0.1) is 0 Å². The second-order valence-corrected chi connectivity index (χ2v) is 9.20. The maximum absolute atomic E-state index is 12.8. The van der Waals surface area contributed by atoms with Gasteiger partial charge in [0.2, 0.25) is 11.8 Å². The lowest BCUT2D eigenvalue weighted by atomic mass is 9.97. The van der Waals surface area contributed by atoms with Gasteiger partial charge in [0.15, 0.2) is 11.5 Å². The van der Waals surface area contributed by atoms with Gasteiger partial charge in [-0.25, -0.2) is 4.98 Å². The Labute approximate surface area is 206 Å². The molecule has 0 bridgehead atoms. The molecule has 1 saturated carbocycles. The molecule has 8 heteroatoms. The average Bonchev–Trinajstić information content (AvgIpc) is 3.31. The number of methoxy groups -OCH3 is 1. The number of para-hydroxylation sites is 1. The number of ether oxygens (including phenoxy) is 2. The van der Waals surface area contributed by atoms with Crippen molar-refractivity contribution in [3.63, 3.8) is 0 Å². The number of likely N-dealkylation sites (N-methyl/N-ethyl adjacent to an activating group) is 1. The zero-order chi connectivity index (χ0) is 24.8. The van der Waals surface area contributed by atoms with E-state index in [9.17, 15) is 9.59 Å². The van der Waals surface area contributed by atoms with E-state index in [0.717, 1.165) is 48.8 Å². The molecule has 186 valence electrons. The summed E-state index contributed by atoms with van der Waals surface area (Å²) in [6, 6.07) is 7.65. The average molecular weight is 479 g/mol. The predicted octanol–water partition coefficient (Wildman–Crippen LogP) is 3.91. The monoisotopic (exact) mass is 478 g/mol. The molecule has 1 aromatic carbocycles. The molecule has 35 heavy (non-hydrogen) atoms. The summed E-state index contributed by atoms with van der Waals surface area (Å²) in [6.45, 7) is 3.57. The van der Waals surface area contributed by atoms with Crippen molar-refractivity contribution >= 4 is 23.7 Å². The van der Waals surface area contributed by atoms with Crippen LogP contribution >= 0.6 is 0 Å². The van der Waals surface area contributed by atoms with Crippen molar-refractivity contribution in [1.82, 2.24) is 15.2 Å². The van der Waals surface area contributed by atoms with Crippen LogP contribution in [-0.4, -0.2) is 48.0 Å². The van der Waals surface area contributed by atoms with Gasteiger partial charge < -0.3 is 19.7 Å². The van der Waals surface area contributed by atoms with Gasteiger partial charge in [-0.3, -0.25) is 14.9 Å². The lowest BCUT2D eigenvalue weighted by Crippen LogP contribution is -2.50. The molecule has 0 atom stereocenters. The second kappa shape index (κ2) is 10.9. The smallest absolute Gasteiger partial charge is 0.246 e. The number of carbonyl (C=O) groups excluding carboxylic acids is 2. The summed E-state index contributed by atoms with van der Waals surface area (Å²) >= 11 is 0. The number of amides is 2. The van der Waals surface area contributed by atoms with Gasteiger partial charge in [-0.1, -0.05) is 31.9 Å². The van der Waals surface area contributed by atoms with Crippen LogP contribution in [0.3, 0.4) is 0 Å². The van der Waals surface area contributed by atoms with Crippen molar-refractivity contribution in [1.29, 1.82) is 0 Å². The number of hydrogen-bond acceptors (Lipinski definition) is 6. The number of pyridine rings is 1. The highest BCUT2D eigenvalue weighted by molar-refractivity contribution is 5.99. The summed E-state index contributed by atoms with van der Waals surface area (Å²) in [5, 5.41) is 6.44. The van der Waals surface area contributed by atoms with Crippen LogP contribution in [0.1, 0.15) is 55.7 Å². The molecule has 1 aliphatic carbocycles. The van der Waals surface area contributed by atoms with Gasteiger partial charge in [0, 0.05) is 43.5 Å². The number of benzene rings is 1. The SMILES string of the molecule is CCCOc1c(CN(C)C(=O)/C=C/c2cnc3c(c2)CNC2(CCCC2)C(=O)N3)cccc1OC. The van der Waals surface area contributed by atoms with Crippen LogP contribution in [0, 0.1) is 0 Å². The highest BCUT2D eigenvalue weighted by Crippen LogP contribution is 2.34. The first-order valence-electron chi connectivity index (χ1n) is 12.2. The lowest BCUT2D eigenvalue weighted by molar-refractivity contribution is -0.125. The molecule has 2 N–H and O–H groups in total. The second-order valence-electron chi connectivity index (χ2n) is 9.20. The van der Waals surface area contributed by atoms with E-state index in [0.29, 0.717) is 37.0 Å². The Balaban J connectivity index is 1.43. The van der Waals surface area contributed by atoms with Gasteiger partial charge >= 0.3 is 0 Å². The molecule has 2 amide bonds. The minimum Gasteiger partial charge on any atom is -0.493 e. The Morgan fingerprint density at radius 1 is 1.29 bits per heavy atom. The first-order valence-corrected chi connectivity index (χ1v) is 12.2. The van der Waals surface area contributed by atoms with E-state index in [-0.39, 0.29) is 11.8 Å². The standard InChI is InChI=1S/C27H34N4O4/c1-4-14-35-24-20(8-7-9-22(24)34-3)18-31(2)23(32)11-10-19-15-21-17-29-27(12-5-6-13-27)26(33)30-25(21)28-16-19/h7-11,15-16,29H,4-6,12-14,17-18H2,1-3H3,(H,28,30,33)/b11-10+. The Bertz CT molecular complexity index is 1110. The molecule has 2 heterocycles. The first kappa shape index (κ1) is 24.7. The summed E-state index contributed by atoms with van der Waals surface area (Å²) in [5.74, 6) is 1.78. The molecule has 0 saturated heterocycles. The number of carbonyl (C=O) groups is 2. The zero-order valence-corrected chi connectivity index (χ0v) is 20.7. The van der Waals surface area contributed by atoms with E-state index in [4.69, 9.17) is 9.47 Å². The van der Waals surface area contributed by atoms with Gasteiger partial charge in [0.1, 0.15) is 5.82 Å². The van der Waals surface area contributed by atoms with Gasteiger partial charge in [0.25, 0.3) is 0 Å². The number of nitrogens with zero attached hydrogens (tertiary/aromatic N) is 2. The predicted molar refractivity (Wildman–Crippen MR) is 135 cm³/mol. The molecule has 4 rings (SSSR count). The van der Waals surface area contributed by atoms with E-state index < -0.39 is 5.54 Å². The number of nitrogens with one attached hydrogen (secondary N) is 2. The largest absolute Gasteiger partial charge is 0.493 e. The number of fused-ring (bicyclic) bond motifs is 1. The van der Waals surface area contributed by atoms with Crippen LogP contribution in [0.5, 0.6) is 11.5 Å². The summed E-state index contributed by atoms with van der Waals surface area (Å²) in [6.07, 6.45) is 9.64. The van der Waals surface area contributed by atoms with Crippen LogP contribution in [-0.2, 0) is 22.7 Å². The molecule has 2 aliphatic rings. The lowest BCUT2D eigenvalue weighted by Gasteiger charge is -2.26. The van der Waals surface area contributed by atoms with E-state index in [1.807, 2.05) is 31.2 Å².